The highest BCUT2D eigenvalue weighted by Gasteiger charge is 2.14. The van der Waals surface area contributed by atoms with Crippen LogP contribution in [0, 0.1) is 0 Å². The van der Waals surface area contributed by atoms with Crippen LogP contribution >= 0.6 is 11.3 Å². The van der Waals surface area contributed by atoms with Crippen LogP contribution in [0.3, 0.4) is 0 Å². The van der Waals surface area contributed by atoms with E-state index in [1.165, 1.54) is 30.6 Å². The van der Waals surface area contributed by atoms with E-state index in [1.807, 2.05) is 6.08 Å². The summed E-state index contributed by atoms with van der Waals surface area (Å²) in [5.41, 5.74) is 2.13. The van der Waals surface area contributed by atoms with Gasteiger partial charge in [-0.15, -0.1) is 11.3 Å². The maximum absolute atomic E-state index is 5.73. The van der Waals surface area contributed by atoms with Gasteiger partial charge in [0.2, 0.25) is 0 Å². The fourth-order valence-electron chi connectivity index (χ4n) is 3.07. The molecule has 2 rings (SSSR count). The van der Waals surface area contributed by atoms with Gasteiger partial charge in [-0.1, -0.05) is 39.3 Å². The number of anilines is 1. The van der Waals surface area contributed by atoms with Crippen LogP contribution in [0.15, 0.2) is 30.8 Å². The van der Waals surface area contributed by atoms with E-state index in [4.69, 9.17) is 9.47 Å². The van der Waals surface area contributed by atoms with Crippen LogP contribution in [-0.4, -0.2) is 27.3 Å². The average Bonchev–Trinajstić information content (AvgIpc) is 3.19. The van der Waals surface area contributed by atoms with Crippen LogP contribution in [0.5, 0.6) is 11.5 Å². The summed E-state index contributed by atoms with van der Waals surface area (Å²) in [6.07, 6.45) is 10.8. The summed E-state index contributed by atoms with van der Waals surface area (Å²) in [4.78, 5) is 4.79. The molecule has 0 aliphatic carbocycles. The molecule has 0 N–H and O–H groups in total. The third kappa shape index (κ3) is 5.90. The van der Waals surface area contributed by atoms with Gasteiger partial charge in [0.15, 0.2) is 0 Å². The first kappa shape index (κ1) is 22.1. The molecule has 4 heteroatoms. The highest BCUT2D eigenvalue weighted by Crippen LogP contribution is 2.36. The Morgan fingerprint density at radius 2 is 1.50 bits per heavy atom. The molecule has 1 heterocycles. The molecule has 1 aromatic carbocycles. The number of hydrogen-bond donors (Lipinski definition) is 0. The number of unbranched alkanes of at least 4 members (excludes halogenated alkanes) is 2. The summed E-state index contributed by atoms with van der Waals surface area (Å²) in [6.45, 7) is 10.4. The smallest absolute Gasteiger partial charge is 0.131 e. The highest BCUT2D eigenvalue weighted by atomic mass is 32.1. The number of methoxy groups -OCH3 is 2. The second kappa shape index (κ2) is 11.6. The van der Waals surface area contributed by atoms with Crippen LogP contribution in [0.4, 0.5) is 5.69 Å². The molecule has 0 bridgehead atoms. The molecule has 0 saturated carbocycles. The Morgan fingerprint density at radius 1 is 0.929 bits per heavy atom. The Hall–Kier alpha value is -2.20. The molecule has 28 heavy (non-hydrogen) atoms. The quantitative estimate of drug-likeness (QED) is 0.384. The number of nitrogens with zero attached hydrogens (tertiary/aromatic N) is 1. The Kier molecular flexibility index (Phi) is 9.15. The normalized spacial score (nSPS) is 11.0. The molecular formula is C24H33NO2S. The standard InChI is InChI=1S/C24H33NO2S/c1-6-9-15-25(16-10-7-2)19-17-23(26-4)22(24(18-19)27-5)14-13-21-12-11-20(8-3)28-21/h8,11-14,17-18H,3,6-7,9-10,15-16H2,1-2,4-5H3. The molecule has 0 atom stereocenters. The Labute approximate surface area is 174 Å². The van der Waals surface area contributed by atoms with Crippen LogP contribution in [0.25, 0.3) is 18.2 Å². The minimum atomic E-state index is 0.837. The Balaban J connectivity index is 2.36. The molecule has 0 aliphatic heterocycles. The first-order valence-corrected chi connectivity index (χ1v) is 10.9. The number of thiophene rings is 1. The lowest BCUT2D eigenvalue weighted by atomic mass is 10.1. The lowest BCUT2D eigenvalue weighted by Gasteiger charge is -2.26. The molecule has 0 saturated heterocycles. The van der Waals surface area contributed by atoms with Gasteiger partial charge in [-0.2, -0.15) is 0 Å². The van der Waals surface area contributed by atoms with Crippen molar-refractivity contribution in [2.24, 2.45) is 0 Å². The summed E-state index contributed by atoms with van der Waals surface area (Å²) < 4.78 is 11.5. The summed E-state index contributed by atoms with van der Waals surface area (Å²) in [6, 6.07) is 8.45. The van der Waals surface area contributed by atoms with Crippen LogP contribution in [0.1, 0.15) is 54.8 Å². The molecule has 0 aliphatic rings. The molecule has 0 radical (unpaired) electrons. The first-order chi connectivity index (χ1) is 13.7. The zero-order chi connectivity index (χ0) is 20.4. The maximum Gasteiger partial charge on any atom is 0.131 e. The molecule has 2 aromatic rings. The monoisotopic (exact) mass is 399 g/mol. The van der Waals surface area contributed by atoms with E-state index in [2.05, 4.69) is 61.7 Å². The zero-order valence-electron chi connectivity index (χ0n) is 17.7. The van der Waals surface area contributed by atoms with Crippen molar-refractivity contribution in [1.29, 1.82) is 0 Å². The van der Waals surface area contributed by atoms with Gasteiger partial charge in [-0.05, 0) is 37.1 Å². The molecule has 0 amide bonds. The lowest BCUT2D eigenvalue weighted by Crippen LogP contribution is -2.25. The van der Waals surface area contributed by atoms with Crippen molar-refractivity contribution in [3.63, 3.8) is 0 Å². The fourth-order valence-corrected chi connectivity index (χ4v) is 3.84. The van der Waals surface area contributed by atoms with Gasteiger partial charge < -0.3 is 14.4 Å². The third-order valence-corrected chi connectivity index (χ3v) is 5.77. The minimum Gasteiger partial charge on any atom is -0.496 e. The van der Waals surface area contributed by atoms with E-state index >= 15 is 0 Å². The topological polar surface area (TPSA) is 21.7 Å². The van der Waals surface area contributed by atoms with E-state index in [9.17, 15) is 0 Å². The van der Waals surface area contributed by atoms with Gasteiger partial charge in [0.25, 0.3) is 0 Å². The number of ether oxygens (including phenoxy) is 2. The summed E-state index contributed by atoms with van der Waals surface area (Å²) in [5, 5.41) is 0. The maximum atomic E-state index is 5.73. The molecule has 0 unspecified atom stereocenters. The zero-order valence-corrected chi connectivity index (χ0v) is 18.5. The van der Waals surface area contributed by atoms with Crippen molar-refractivity contribution >= 4 is 35.3 Å². The highest BCUT2D eigenvalue weighted by molar-refractivity contribution is 7.13. The fraction of sp³-hybridized carbons (Fsp3) is 0.417. The van der Waals surface area contributed by atoms with Crippen LogP contribution < -0.4 is 14.4 Å². The first-order valence-electron chi connectivity index (χ1n) is 10.1. The molecule has 3 nitrogen and oxygen atoms in total. The molecule has 0 spiro atoms. The third-order valence-electron chi connectivity index (χ3n) is 4.72. The minimum absolute atomic E-state index is 0.837. The predicted molar refractivity (Wildman–Crippen MR) is 125 cm³/mol. The van der Waals surface area contributed by atoms with Gasteiger partial charge in [-0.25, -0.2) is 0 Å². The second-order valence-corrected chi connectivity index (χ2v) is 7.88. The average molecular weight is 400 g/mol. The molecular weight excluding hydrogens is 366 g/mol. The predicted octanol–water partition coefficient (Wildman–Crippen LogP) is 6.99. The molecule has 0 fully saturated rings. The van der Waals surface area contributed by atoms with Crippen molar-refractivity contribution in [1.82, 2.24) is 0 Å². The largest absolute Gasteiger partial charge is 0.496 e. The summed E-state index contributed by atoms with van der Waals surface area (Å²) in [7, 11) is 3.44. The number of hydrogen-bond acceptors (Lipinski definition) is 4. The van der Waals surface area contributed by atoms with E-state index in [0.717, 1.165) is 40.7 Å². The van der Waals surface area contributed by atoms with Crippen molar-refractivity contribution in [3.05, 3.63) is 46.2 Å². The Bertz CT molecular complexity index is 746. The van der Waals surface area contributed by atoms with Crippen LogP contribution in [0.2, 0.25) is 0 Å². The number of rotatable bonds is 12. The summed E-state index contributed by atoms with van der Waals surface area (Å²) in [5.74, 6) is 1.67. The van der Waals surface area contributed by atoms with Crippen molar-refractivity contribution in [2.75, 3.05) is 32.2 Å². The van der Waals surface area contributed by atoms with Gasteiger partial charge in [-0.3, -0.25) is 0 Å². The van der Waals surface area contributed by atoms with Gasteiger partial charge >= 0.3 is 0 Å². The van der Waals surface area contributed by atoms with E-state index in [1.54, 1.807) is 25.6 Å². The van der Waals surface area contributed by atoms with E-state index < -0.39 is 0 Å². The second-order valence-electron chi connectivity index (χ2n) is 6.74. The lowest BCUT2D eigenvalue weighted by molar-refractivity contribution is 0.392. The molecule has 152 valence electrons. The van der Waals surface area contributed by atoms with Gasteiger partial charge in [0.1, 0.15) is 11.5 Å². The number of benzene rings is 1. The van der Waals surface area contributed by atoms with Crippen molar-refractivity contribution < 1.29 is 9.47 Å². The van der Waals surface area contributed by atoms with Crippen LogP contribution in [-0.2, 0) is 0 Å². The SMILES string of the molecule is C=Cc1ccc(C=Cc2c(OC)cc(N(CCCC)CCCC)cc2OC)s1. The summed E-state index contributed by atoms with van der Waals surface area (Å²) >= 11 is 1.71. The molecule has 1 aromatic heterocycles. The van der Waals surface area contributed by atoms with E-state index in [-0.39, 0.29) is 0 Å². The van der Waals surface area contributed by atoms with Gasteiger partial charge in [0.05, 0.1) is 19.8 Å². The van der Waals surface area contributed by atoms with Gasteiger partial charge in [0, 0.05) is 40.7 Å². The van der Waals surface area contributed by atoms with Crippen molar-refractivity contribution in [3.8, 4) is 11.5 Å². The Morgan fingerprint density at radius 3 is 1.96 bits per heavy atom. The van der Waals surface area contributed by atoms with E-state index in [0.29, 0.717) is 0 Å². The van der Waals surface area contributed by atoms with Crippen molar-refractivity contribution in [2.45, 2.75) is 39.5 Å².